The fourth-order valence-corrected chi connectivity index (χ4v) is 4.79. The van der Waals surface area contributed by atoms with Crippen molar-refractivity contribution in [3.05, 3.63) is 40.4 Å². The van der Waals surface area contributed by atoms with E-state index in [4.69, 9.17) is 11.6 Å². The molecule has 3 aromatic heterocycles. The van der Waals surface area contributed by atoms with E-state index in [2.05, 4.69) is 43.8 Å². The van der Waals surface area contributed by atoms with Gasteiger partial charge in [-0.1, -0.05) is 11.6 Å². The van der Waals surface area contributed by atoms with Gasteiger partial charge in [0.2, 0.25) is 5.82 Å². The predicted molar refractivity (Wildman–Crippen MR) is 97.8 cm³/mol. The molecule has 1 fully saturated rings. The standard InChI is InChI=1S/C17H14ClN5OS/c18-12-6-13-9(11(7-19-13)16-20-22-23-21-16)5-10(12)14-1-2-15(25-14)17(8-24)3-4-17/h1-2,5-7,19,24H,3-4,8H2,(H,20,21,22,23). The van der Waals surface area contributed by atoms with Crippen LogP contribution in [0.1, 0.15) is 17.7 Å². The van der Waals surface area contributed by atoms with Crippen LogP contribution in [0.5, 0.6) is 0 Å². The number of aliphatic hydroxyl groups is 1. The van der Waals surface area contributed by atoms with Gasteiger partial charge in [0.25, 0.3) is 0 Å². The average molecular weight is 372 g/mol. The van der Waals surface area contributed by atoms with Gasteiger partial charge in [-0.05, 0) is 42.3 Å². The molecule has 0 atom stereocenters. The molecule has 0 amide bonds. The van der Waals surface area contributed by atoms with Crippen LogP contribution in [-0.4, -0.2) is 37.3 Å². The number of aromatic amines is 2. The highest BCUT2D eigenvalue weighted by molar-refractivity contribution is 7.15. The number of nitrogens with zero attached hydrogens (tertiary/aromatic N) is 3. The van der Waals surface area contributed by atoms with Gasteiger partial charge in [0.15, 0.2) is 0 Å². The van der Waals surface area contributed by atoms with Gasteiger partial charge in [-0.3, -0.25) is 0 Å². The Morgan fingerprint density at radius 2 is 2.12 bits per heavy atom. The molecule has 0 bridgehead atoms. The second-order valence-corrected chi connectivity index (χ2v) is 7.91. The Morgan fingerprint density at radius 3 is 2.84 bits per heavy atom. The third-order valence-corrected chi connectivity index (χ3v) is 6.58. The Morgan fingerprint density at radius 1 is 1.24 bits per heavy atom. The molecule has 1 aromatic carbocycles. The molecule has 0 spiro atoms. The Bertz CT molecular complexity index is 1060. The fraction of sp³-hybridized carbons (Fsp3) is 0.235. The number of nitrogens with one attached hydrogen (secondary N) is 2. The molecule has 8 heteroatoms. The summed E-state index contributed by atoms with van der Waals surface area (Å²) in [5.41, 5.74) is 2.76. The van der Waals surface area contributed by atoms with Gasteiger partial charge >= 0.3 is 0 Å². The number of thiophene rings is 1. The summed E-state index contributed by atoms with van der Waals surface area (Å²) in [6.07, 6.45) is 3.96. The topological polar surface area (TPSA) is 90.5 Å². The molecule has 6 nitrogen and oxygen atoms in total. The number of rotatable bonds is 4. The van der Waals surface area contributed by atoms with Gasteiger partial charge in [0.1, 0.15) is 0 Å². The SMILES string of the molecule is OCC1(c2ccc(-c3cc4c(-c5nn[nH]n5)c[nH]c4cc3Cl)s2)CC1. The molecule has 3 heterocycles. The maximum absolute atomic E-state index is 9.65. The molecular formula is C17H14ClN5OS. The van der Waals surface area contributed by atoms with Gasteiger partial charge in [-0.25, -0.2) is 0 Å². The minimum atomic E-state index is -0.0244. The predicted octanol–water partition coefficient (Wildman–Crippen LogP) is 3.75. The molecular weight excluding hydrogens is 358 g/mol. The van der Waals surface area contributed by atoms with Crippen LogP contribution in [0.4, 0.5) is 0 Å². The van der Waals surface area contributed by atoms with E-state index in [1.807, 2.05) is 12.3 Å². The largest absolute Gasteiger partial charge is 0.395 e. The van der Waals surface area contributed by atoms with Crippen molar-refractivity contribution >= 4 is 33.8 Å². The molecule has 1 aliphatic rings. The van der Waals surface area contributed by atoms with Crippen LogP contribution in [0, 0.1) is 0 Å². The number of benzene rings is 1. The highest BCUT2D eigenvalue weighted by atomic mass is 35.5. The van der Waals surface area contributed by atoms with Gasteiger partial charge < -0.3 is 10.1 Å². The fourth-order valence-electron chi connectivity index (χ4n) is 3.19. The van der Waals surface area contributed by atoms with Crippen molar-refractivity contribution in [2.24, 2.45) is 0 Å². The number of tetrazole rings is 1. The lowest BCUT2D eigenvalue weighted by Crippen LogP contribution is -2.09. The van der Waals surface area contributed by atoms with E-state index < -0.39 is 0 Å². The second-order valence-electron chi connectivity index (χ2n) is 6.42. The number of H-pyrrole nitrogens is 2. The Labute approximate surface area is 151 Å². The highest BCUT2D eigenvalue weighted by Gasteiger charge is 2.44. The molecule has 0 aliphatic heterocycles. The van der Waals surface area contributed by atoms with Crippen molar-refractivity contribution in [2.45, 2.75) is 18.3 Å². The van der Waals surface area contributed by atoms with Crippen LogP contribution in [-0.2, 0) is 5.41 Å². The van der Waals surface area contributed by atoms with Gasteiger partial charge in [0.05, 0.1) is 11.6 Å². The van der Waals surface area contributed by atoms with Crippen molar-refractivity contribution in [3.63, 3.8) is 0 Å². The van der Waals surface area contributed by atoms with Crippen molar-refractivity contribution in [2.75, 3.05) is 6.61 Å². The van der Waals surface area contributed by atoms with E-state index in [-0.39, 0.29) is 12.0 Å². The van der Waals surface area contributed by atoms with Crippen LogP contribution in [0.3, 0.4) is 0 Å². The summed E-state index contributed by atoms with van der Waals surface area (Å²) in [4.78, 5) is 5.54. The van der Waals surface area contributed by atoms with E-state index in [9.17, 15) is 5.11 Å². The summed E-state index contributed by atoms with van der Waals surface area (Å²) in [7, 11) is 0. The molecule has 0 saturated heterocycles. The zero-order valence-corrected chi connectivity index (χ0v) is 14.7. The van der Waals surface area contributed by atoms with Crippen molar-refractivity contribution in [1.29, 1.82) is 0 Å². The summed E-state index contributed by atoms with van der Waals surface area (Å²) in [5.74, 6) is 0.545. The van der Waals surface area contributed by atoms with E-state index in [0.717, 1.165) is 39.7 Å². The van der Waals surface area contributed by atoms with E-state index in [0.29, 0.717) is 10.8 Å². The minimum absolute atomic E-state index is 0.0244. The van der Waals surface area contributed by atoms with Crippen molar-refractivity contribution in [1.82, 2.24) is 25.6 Å². The third kappa shape index (κ3) is 2.31. The normalized spacial score (nSPS) is 15.8. The lowest BCUT2D eigenvalue weighted by atomic mass is 10.1. The quantitative estimate of drug-likeness (QED) is 0.509. The molecule has 0 radical (unpaired) electrons. The van der Waals surface area contributed by atoms with E-state index in [1.54, 1.807) is 11.3 Å². The van der Waals surface area contributed by atoms with Crippen LogP contribution in [0.25, 0.3) is 32.7 Å². The Hall–Kier alpha value is -2.22. The molecule has 0 unspecified atom stereocenters. The molecule has 1 aliphatic carbocycles. The summed E-state index contributed by atoms with van der Waals surface area (Å²) < 4.78 is 0. The molecule has 25 heavy (non-hydrogen) atoms. The minimum Gasteiger partial charge on any atom is -0.395 e. The van der Waals surface area contributed by atoms with E-state index >= 15 is 0 Å². The molecule has 5 rings (SSSR count). The first kappa shape index (κ1) is 15.1. The maximum Gasteiger partial charge on any atom is 0.206 e. The highest BCUT2D eigenvalue weighted by Crippen LogP contribution is 2.51. The summed E-state index contributed by atoms with van der Waals surface area (Å²) >= 11 is 8.24. The zero-order chi connectivity index (χ0) is 17.0. The zero-order valence-electron chi connectivity index (χ0n) is 13.1. The molecule has 126 valence electrons. The van der Waals surface area contributed by atoms with Crippen LogP contribution < -0.4 is 0 Å². The smallest absolute Gasteiger partial charge is 0.206 e. The summed E-state index contributed by atoms with van der Waals surface area (Å²) in [5, 5.41) is 25.6. The number of fused-ring (bicyclic) bond motifs is 1. The molecule has 1 saturated carbocycles. The first-order valence-corrected chi connectivity index (χ1v) is 9.16. The maximum atomic E-state index is 9.65. The number of hydrogen-bond acceptors (Lipinski definition) is 5. The lowest BCUT2D eigenvalue weighted by Gasteiger charge is -2.08. The number of aliphatic hydroxyl groups excluding tert-OH is 1. The van der Waals surface area contributed by atoms with Crippen LogP contribution in [0.2, 0.25) is 5.02 Å². The third-order valence-electron chi connectivity index (χ3n) is 4.91. The first-order valence-electron chi connectivity index (χ1n) is 7.96. The van der Waals surface area contributed by atoms with Crippen molar-refractivity contribution < 1.29 is 5.11 Å². The number of halogens is 1. The van der Waals surface area contributed by atoms with Crippen LogP contribution >= 0.6 is 22.9 Å². The summed E-state index contributed by atoms with van der Waals surface area (Å²) in [6, 6.07) is 8.19. The van der Waals surface area contributed by atoms with Gasteiger partial charge in [-0.15, -0.1) is 21.5 Å². The summed E-state index contributed by atoms with van der Waals surface area (Å²) in [6.45, 7) is 0.208. The van der Waals surface area contributed by atoms with Crippen LogP contribution in [0.15, 0.2) is 30.5 Å². The number of hydrogen-bond donors (Lipinski definition) is 3. The monoisotopic (exact) mass is 371 g/mol. The Kier molecular flexibility index (Phi) is 3.25. The van der Waals surface area contributed by atoms with Gasteiger partial charge in [0, 0.05) is 43.4 Å². The first-order chi connectivity index (χ1) is 12.2. The van der Waals surface area contributed by atoms with Crippen molar-refractivity contribution in [3.8, 4) is 21.8 Å². The Balaban J connectivity index is 1.64. The number of aromatic nitrogens is 5. The van der Waals surface area contributed by atoms with E-state index in [1.165, 1.54) is 4.88 Å². The second kappa shape index (κ2) is 5.39. The average Bonchev–Trinajstić information content (AvgIpc) is 3.05. The molecule has 4 aromatic rings. The lowest BCUT2D eigenvalue weighted by molar-refractivity contribution is 0.257. The molecule has 3 N–H and O–H groups in total. The van der Waals surface area contributed by atoms with Gasteiger partial charge in [-0.2, -0.15) is 5.21 Å².